The van der Waals surface area contributed by atoms with E-state index in [-0.39, 0.29) is 0 Å². The first-order valence-electron chi connectivity index (χ1n) is 8.12. The molecule has 0 aromatic rings. The zero-order valence-electron chi connectivity index (χ0n) is 13.1. The van der Waals surface area contributed by atoms with E-state index in [0.717, 1.165) is 18.9 Å². The zero-order chi connectivity index (χ0) is 13.6. The Morgan fingerprint density at radius 3 is 2.33 bits per heavy atom. The average molecular weight is 253 g/mol. The number of rotatable bonds is 13. The van der Waals surface area contributed by atoms with E-state index in [4.69, 9.17) is 0 Å². The lowest BCUT2D eigenvalue weighted by Gasteiger charge is -2.09. The maximum atomic E-state index is 4.06. The molecule has 1 atom stereocenters. The molecule has 0 spiro atoms. The summed E-state index contributed by atoms with van der Waals surface area (Å²) < 4.78 is 0. The van der Waals surface area contributed by atoms with E-state index in [1.54, 1.807) is 0 Å². The molecule has 0 fully saturated rings. The molecule has 1 N–H and O–H groups in total. The summed E-state index contributed by atoms with van der Waals surface area (Å²) in [5, 5.41) is 3.44. The molecule has 0 aliphatic rings. The van der Waals surface area contributed by atoms with E-state index in [9.17, 15) is 0 Å². The molecule has 0 radical (unpaired) electrons. The van der Waals surface area contributed by atoms with Gasteiger partial charge in [-0.1, -0.05) is 72.3 Å². The molecule has 0 aliphatic carbocycles. The van der Waals surface area contributed by atoms with E-state index in [1.807, 2.05) is 0 Å². The second-order valence-electron chi connectivity index (χ2n) is 5.70. The Bertz CT molecular complexity index is 186. The van der Waals surface area contributed by atoms with Crippen molar-refractivity contribution in [2.24, 2.45) is 5.92 Å². The van der Waals surface area contributed by atoms with Crippen molar-refractivity contribution in [1.82, 2.24) is 5.32 Å². The van der Waals surface area contributed by atoms with Gasteiger partial charge in [-0.05, 0) is 25.2 Å². The second-order valence-corrected chi connectivity index (χ2v) is 5.70. The lowest BCUT2D eigenvalue weighted by Crippen LogP contribution is -2.13. The minimum absolute atomic E-state index is 0.925. The summed E-state index contributed by atoms with van der Waals surface area (Å²) >= 11 is 0. The fourth-order valence-corrected chi connectivity index (χ4v) is 2.10. The van der Waals surface area contributed by atoms with Crippen LogP contribution in [0.5, 0.6) is 0 Å². The summed E-state index contributed by atoms with van der Waals surface area (Å²) in [7, 11) is 0. The predicted octanol–water partition coefficient (Wildman–Crippen LogP) is 5.67. The van der Waals surface area contributed by atoms with Crippen LogP contribution in [0.2, 0.25) is 0 Å². The summed E-state index contributed by atoms with van der Waals surface area (Å²) in [6.07, 6.45) is 13.3. The van der Waals surface area contributed by atoms with Crippen LogP contribution in [0, 0.1) is 5.92 Å². The third-order valence-corrected chi connectivity index (χ3v) is 3.78. The number of nitrogens with one attached hydrogen (secondary N) is 1. The largest absolute Gasteiger partial charge is 0.389 e. The van der Waals surface area contributed by atoms with Crippen molar-refractivity contribution in [1.29, 1.82) is 0 Å². The van der Waals surface area contributed by atoms with Gasteiger partial charge in [-0.2, -0.15) is 0 Å². The van der Waals surface area contributed by atoms with Gasteiger partial charge in [0.1, 0.15) is 0 Å². The standard InChI is InChI=1S/C17H35N/c1-5-7-14-17(4)18-15-12-10-8-9-11-13-16(3)6-2/h16,18H,4-15H2,1-3H3. The summed E-state index contributed by atoms with van der Waals surface area (Å²) in [6, 6.07) is 0. The first-order valence-corrected chi connectivity index (χ1v) is 8.12. The Morgan fingerprint density at radius 1 is 1.00 bits per heavy atom. The zero-order valence-corrected chi connectivity index (χ0v) is 13.1. The van der Waals surface area contributed by atoms with E-state index in [1.165, 1.54) is 63.5 Å². The number of unbranched alkanes of at least 4 members (excludes halogenated alkanes) is 5. The fourth-order valence-electron chi connectivity index (χ4n) is 2.10. The summed E-state index contributed by atoms with van der Waals surface area (Å²) in [6.45, 7) is 12.1. The summed E-state index contributed by atoms with van der Waals surface area (Å²) in [5.74, 6) is 0.925. The third-order valence-electron chi connectivity index (χ3n) is 3.78. The lowest BCUT2D eigenvalue weighted by molar-refractivity contribution is 0.471. The minimum Gasteiger partial charge on any atom is -0.389 e. The van der Waals surface area contributed by atoms with E-state index < -0.39 is 0 Å². The van der Waals surface area contributed by atoms with Crippen molar-refractivity contribution in [2.45, 2.75) is 85.0 Å². The molecule has 0 aliphatic heterocycles. The van der Waals surface area contributed by atoms with Crippen LogP contribution in [0.3, 0.4) is 0 Å². The molecule has 0 saturated carbocycles. The van der Waals surface area contributed by atoms with Gasteiger partial charge in [0.25, 0.3) is 0 Å². The Labute approximate surface area is 115 Å². The molecular formula is C17H35N. The maximum Gasteiger partial charge on any atom is 0.0143 e. The SMILES string of the molecule is C=C(CCCC)NCCCCCCCC(C)CC. The molecular weight excluding hydrogens is 218 g/mol. The Kier molecular flexibility index (Phi) is 12.7. The van der Waals surface area contributed by atoms with Crippen LogP contribution in [0.1, 0.15) is 85.0 Å². The van der Waals surface area contributed by atoms with E-state index in [0.29, 0.717) is 0 Å². The number of hydrogen-bond acceptors (Lipinski definition) is 1. The summed E-state index contributed by atoms with van der Waals surface area (Å²) in [4.78, 5) is 0. The van der Waals surface area contributed by atoms with Crippen LogP contribution in [0.15, 0.2) is 12.3 Å². The molecule has 0 aromatic carbocycles. The van der Waals surface area contributed by atoms with Crippen molar-refractivity contribution in [3.8, 4) is 0 Å². The van der Waals surface area contributed by atoms with Crippen LogP contribution in [0.4, 0.5) is 0 Å². The highest BCUT2D eigenvalue weighted by Gasteiger charge is 1.98. The van der Waals surface area contributed by atoms with Gasteiger partial charge in [0.2, 0.25) is 0 Å². The number of allylic oxidation sites excluding steroid dienone is 1. The van der Waals surface area contributed by atoms with Gasteiger partial charge in [0.15, 0.2) is 0 Å². The molecule has 1 nitrogen and oxygen atoms in total. The highest BCUT2D eigenvalue weighted by molar-refractivity contribution is 4.90. The van der Waals surface area contributed by atoms with Crippen molar-refractivity contribution in [2.75, 3.05) is 6.54 Å². The van der Waals surface area contributed by atoms with Crippen LogP contribution >= 0.6 is 0 Å². The molecule has 0 aromatic heterocycles. The number of hydrogen-bond donors (Lipinski definition) is 1. The molecule has 0 amide bonds. The average Bonchev–Trinajstić information content (AvgIpc) is 2.38. The molecule has 108 valence electrons. The van der Waals surface area contributed by atoms with Gasteiger partial charge in [-0.25, -0.2) is 0 Å². The predicted molar refractivity (Wildman–Crippen MR) is 83.8 cm³/mol. The maximum absolute atomic E-state index is 4.06. The lowest BCUT2D eigenvalue weighted by atomic mass is 10.00. The van der Waals surface area contributed by atoms with Crippen LogP contribution in [-0.4, -0.2) is 6.54 Å². The van der Waals surface area contributed by atoms with Crippen molar-refractivity contribution < 1.29 is 0 Å². The van der Waals surface area contributed by atoms with Gasteiger partial charge in [-0.3, -0.25) is 0 Å². The highest BCUT2D eigenvalue weighted by Crippen LogP contribution is 2.13. The Hall–Kier alpha value is -0.460. The molecule has 1 unspecified atom stereocenters. The van der Waals surface area contributed by atoms with Gasteiger partial charge < -0.3 is 5.32 Å². The Balaban J connectivity index is 3.14. The van der Waals surface area contributed by atoms with Gasteiger partial charge in [-0.15, -0.1) is 0 Å². The molecule has 0 saturated heterocycles. The molecule has 0 bridgehead atoms. The van der Waals surface area contributed by atoms with Gasteiger partial charge >= 0.3 is 0 Å². The van der Waals surface area contributed by atoms with Crippen molar-refractivity contribution >= 4 is 0 Å². The van der Waals surface area contributed by atoms with Gasteiger partial charge in [0, 0.05) is 12.2 Å². The normalized spacial score (nSPS) is 12.4. The molecule has 0 heterocycles. The highest BCUT2D eigenvalue weighted by atomic mass is 14.9. The molecule has 18 heavy (non-hydrogen) atoms. The van der Waals surface area contributed by atoms with Crippen LogP contribution < -0.4 is 5.32 Å². The second kappa shape index (κ2) is 13.0. The minimum atomic E-state index is 0.925. The quantitative estimate of drug-likeness (QED) is 0.417. The van der Waals surface area contributed by atoms with Gasteiger partial charge in [0.05, 0.1) is 0 Å². The van der Waals surface area contributed by atoms with E-state index >= 15 is 0 Å². The van der Waals surface area contributed by atoms with Crippen molar-refractivity contribution in [3.63, 3.8) is 0 Å². The molecule has 0 rings (SSSR count). The first kappa shape index (κ1) is 17.5. The monoisotopic (exact) mass is 253 g/mol. The van der Waals surface area contributed by atoms with E-state index in [2.05, 4.69) is 32.7 Å². The fraction of sp³-hybridized carbons (Fsp3) is 0.882. The first-order chi connectivity index (χ1) is 8.70. The van der Waals surface area contributed by atoms with Crippen LogP contribution in [0.25, 0.3) is 0 Å². The van der Waals surface area contributed by atoms with Crippen molar-refractivity contribution in [3.05, 3.63) is 12.3 Å². The topological polar surface area (TPSA) is 12.0 Å². The van der Waals surface area contributed by atoms with Crippen LogP contribution in [-0.2, 0) is 0 Å². The summed E-state index contributed by atoms with van der Waals surface area (Å²) in [5.41, 5.74) is 1.23. The smallest absolute Gasteiger partial charge is 0.0143 e. The Morgan fingerprint density at radius 2 is 1.67 bits per heavy atom. The third kappa shape index (κ3) is 12.0. The molecule has 1 heteroatoms.